The summed E-state index contributed by atoms with van der Waals surface area (Å²) < 4.78 is 0. The molecule has 0 fully saturated rings. The quantitative estimate of drug-likeness (QED) is 0.680. The van der Waals surface area contributed by atoms with Crippen LogP contribution in [-0.2, 0) is 4.79 Å². The smallest absolute Gasteiger partial charge is 0.309 e. The predicted molar refractivity (Wildman–Crippen MR) is 59.3 cm³/mol. The van der Waals surface area contributed by atoms with Gasteiger partial charge in [-0.05, 0) is 25.2 Å². The van der Waals surface area contributed by atoms with E-state index in [1.807, 2.05) is 13.8 Å². The van der Waals surface area contributed by atoms with Crippen LogP contribution in [0.4, 0.5) is 0 Å². The maximum absolute atomic E-state index is 11.3. The molecule has 0 aromatic rings. The van der Waals surface area contributed by atoms with Crippen molar-refractivity contribution in [2.45, 2.75) is 59.8 Å². The molecular weight excluding hydrogens is 176 g/mol. The Balaban J connectivity index is 4.56. The minimum atomic E-state index is -0.616. The highest BCUT2D eigenvalue weighted by atomic mass is 16.4. The van der Waals surface area contributed by atoms with Crippen LogP contribution < -0.4 is 0 Å². The highest BCUT2D eigenvalue weighted by Crippen LogP contribution is 2.36. The zero-order valence-corrected chi connectivity index (χ0v) is 9.97. The van der Waals surface area contributed by atoms with Crippen molar-refractivity contribution >= 4 is 5.97 Å². The third-order valence-electron chi connectivity index (χ3n) is 3.64. The number of carboxylic acids is 1. The summed E-state index contributed by atoms with van der Waals surface area (Å²) in [5, 5.41) is 9.26. The highest BCUT2D eigenvalue weighted by molar-refractivity contribution is 5.74. The molecule has 2 heteroatoms. The van der Waals surface area contributed by atoms with Gasteiger partial charge < -0.3 is 5.11 Å². The number of aliphatic carboxylic acids is 1. The topological polar surface area (TPSA) is 37.3 Å². The number of carboxylic acid groups (broad SMARTS) is 1. The van der Waals surface area contributed by atoms with Crippen molar-refractivity contribution in [1.29, 1.82) is 0 Å². The van der Waals surface area contributed by atoms with Crippen LogP contribution >= 0.6 is 0 Å². The lowest BCUT2D eigenvalue weighted by Gasteiger charge is -2.30. The van der Waals surface area contributed by atoms with E-state index in [4.69, 9.17) is 0 Å². The van der Waals surface area contributed by atoms with Crippen LogP contribution in [0.3, 0.4) is 0 Å². The summed E-state index contributed by atoms with van der Waals surface area (Å²) in [4.78, 5) is 11.3. The third kappa shape index (κ3) is 3.00. The largest absolute Gasteiger partial charge is 0.481 e. The zero-order valence-electron chi connectivity index (χ0n) is 9.97. The van der Waals surface area contributed by atoms with Crippen molar-refractivity contribution in [3.63, 3.8) is 0 Å². The molecule has 0 saturated carbocycles. The molecular formula is C12H24O2. The molecule has 0 rings (SSSR count). The van der Waals surface area contributed by atoms with Gasteiger partial charge in [0, 0.05) is 0 Å². The van der Waals surface area contributed by atoms with E-state index in [0.717, 1.165) is 32.1 Å². The van der Waals surface area contributed by atoms with Gasteiger partial charge in [0.15, 0.2) is 0 Å². The first-order chi connectivity index (χ1) is 6.56. The van der Waals surface area contributed by atoms with Gasteiger partial charge in [0.05, 0.1) is 5.41 Å². The fraction of sp³-hybridized carbons (Fsp3) is 0.917. The SMILES string of the molecule is CCC(CC)CC(CC)(CC)C(=O)O. The van der Waals surface area contributed by atoms with Crippen molar-refractivity contribution in [2.24, 2.45) is 11.3 Å². The first-order valence-electron chi connectivity index (χ1n) is 5.79. The molecule has 2 nitrogen and oxygen atoms in total. The lowest BCUT2D eigenvalue weighted by molar-refractivity contribution is -0.150. The minimum Gasteiger partial charge on any atom is -0.481 e. The van der Waals surface area contributed by atoms with Crippen LogP contribution in [0.1, 0.15) is 59.8 Å². The van der Waals surface area contributed by atoms with Gasteiger partial charge in [-0.1, -0.05) is 40.5 Å². The zero-order chi connectivity index (χ0) is 11.2. The van der Waals surface area contributed by atoms with Crippen LogP contribution in [0.25, 0.3) is 0 Å². The third-order valence-corrected chi connectivity index (χ3v) is 3.64. The fourth-order valence-corrected chi connectivity index (χ4v) is 2.06. The first-order valence-corrected chi connectivity index (χ1v) is 5.79. The fourth-order valence-electron chi connectivity index (χ4n) is 2.06. The van der Waals surface area contributed by atoms with Crippen molar-refractivity contribution in [2.75, 3.05) is 0 Å². The number of hydrogen-bond acceptors (Lipinski definition) is 1. The second-order valence-corrected chi connectivity index (χ2v) is 4.18. The van der Waals surface area contributed by atoms with Crippen LogP contribution in [0, 0.1) is 11.3 Å². The molecule has 0 aromatic heterocycles. The summed E-state index contributed by atoms with van der Waals surface area (Å²) >= 11 is 0. The van der Waals surface area contributed by atoms with Crippen molar-refractivity contribution in [3.05, 3.63) is 0 Å². The Kier molecular flexibility index (Phi) is 5.82. The molecule has 14 heavy (non-hydrogen) atoms. The van der Waals surface area contributed by atoms with Crippen LogP contribution in [0.5, 0.6) is 0 Å². The van der Waals surface area contributed by atoms with Gasteiger partial charge in [-0.3, -0.25) is 4.79 Å². The van der Waals surface area contributed by atoms with Gasteiger partial charge in [0.25, 0.3) is 0 Å². The van der Waals surface area contributed by atoms with Gasteiger partial charge in [-0.15, -0.1) is 0 Å². The average molecular weight is 200 g/mol. The summed E-state index contributed by atoms with van der Waals surface area (Å²) in [6.45, 7) is 8.26. The summed E-state index contributed by atoms with van der Waals surface area (Å²) in [5.74, 6) is -0.0552. The number of carbonyl (C=O) groups is 1. The van der Waals surface area contributed by atoms with E-state index in [2.05, 4.69) is 13.8 Å². The molecule has 0 aromatic carbocycles. The van der Waals surface area contributed by atoms with E-state index < -0.39 is 11.4 Å². The molecule has 0 amide bonds. The number of rotatable bonds is 7. The second kappa shape index (κ2) is 6.05. The van der Waals surface area contributed by atoms with Gasteiger partial charge in [-0.25, -0.2) is 0 Å². The maximum atomic E-state index is 11.3. The minimum absolute atomic E-state index is 0.476. The van der Waals surface area contributed by atoms with Crippen molar-refractivity contribution in [1.82, 2.24) is 0 Å². The highest BCUT2D eigenvalue weighted by Gasteiger charge is 2.36. The van der Waals surface area contributed by atoms with Gasteiger partial charge in [0.1, 0.15) is 0 Å². The molecule has 0 aliphatic heterocycles. The van der Waals surface area contributed by atoms with E-state index >= 15 is 0 Å². The van der Waals surface area contributed by atoms with Crippen LogP contribution in [0.15, 0.2) is 0 Å². The van der Waals surface area contributed by atoms with E-state index in [0.29, 0.717) is 5.92 Å². The Labute approximate surface area is 87.7 Å². The maximum Gasteiger partial charge on any atom is 0.309 e. The van der Waals surface area contributed by atoms with Crippen LogP contribution in [0.2, 0.25) is 0 Å². The second-order valence-electron chi connectivity index (χ2n) is 4.18. The Morgan fingerprint density at radius 1 is 1.14 bits per heavy atom. The molecule has 0 spiro atoms. The summed E-state index contributed by atoms with van der Waals surface area (Å²) in [7, 11) is 0. The van der Waals surface area contributed by atoms with E-state index in [1.54, 1.807) is 0 Å². The lowest BCUT2D eigenvalue weighted by atomic mass is 9.74. The molecule has 1 N–H and O–H groups in total. The molecule has 0 bridgehead atoms. The first kappa shape index (κ1) is 13.5. The Morgan fingerprint density at radius 2 is 1.57 bits per heavy atom. The average Bonchev–Trinajstić information content (AvgIpc) is 2.20. The summed E-state index contributed by atoms with van der Waals surface area (Å²) in [5.41, 5.74) is -0.476. The molecule has 0 unspecified atom stereocenters. The van der Waals surface area contributed by atoms with Gasteiger partial charge in [-0.2, -0.15) is 0 Å². The summed E-state index contributed by atoms with van der Waals surface area (Å²) in [6.07, 6.45) is 4.50. The molecule has 0 atom stereocenters. The monoisotopic (exact) mass is 200 g/mol. The Bertz CT molecular complexity index is 167. The van der Waals surface area contributed by atoms with E-state index in [1.165, 1.54) is 0 Å². The normalized spacial score (nSPS) is 12.1. The standard InChI is InChI=1S/C12H24O2/c1-5-10(6-2)9-12(7-3,8-4)11(13)14/h10H,5-9H2,1-4H3,(H,13,14). The van der Waals surface area contributed by atoms with Crippen LogP contribution in [-0.4, -0.2) is 11.1 Å². The van der Waals surface area contributed by atoms with Gasteiger partial charge in [0.2, 0.25) is 0 Å². The van der Waals surface area contributed by atoms with E-state index in [9.17, 15) is 9.90 Å². The summed E-state index contributed by atoms with van der Waals surface area (Å²) in [6, 6.07) is 0. The Hall–Kier alpha value is -0.530. The molecule has 0 saturated heterocycles. The molecule has 0 aliphatic rings. The van der Waals surface area contributed by atoms with Gasteiger partial charge >= 0.3 is 5.97 Å². The molecule has 0 aliphatic carbocycles. The number of hydrogen-bond donors (Lipinski definition) is 1. The predicted octanol–water partition coefficient (Wildman–Crippen LogP) is 3.70. The molecule has 0 radical (unpaired) electrons. The molecule has 84 valence electrons. The molecule has 0 heterocycles. The van der Waals surface area contributed by atoms with E-state index in [-0.39, 0.29) is 0 Å². The Morgan fingerprint density at radius 3 is 1.79 bits per heavy atom. The van der Waals surface area contributed by atoms with Crippen molar-refractivity contribution in [3.8, 4) is 0 Å². The lowest BCUT2D eigenvalue weighted by Crippen LogP contribution is -2.32. The van der Waals surface area contributed by atoms with Crippen molar-refractivity contribution < 1.29 is 9.90 Å².